The molecule has 0 aromatic carbocycles. The van der Waals surface area contributed by atoms with E-state index in [-0.39, 0.29) is 12.1 Å². The van der Waals surface area contributed by atoms with Crippen LogP contribution < -0.4 is 0 Å². The molecule has 15 heavy (non-hydrogen) atoms. The van der Waals surface area contributed by atoms with Gasteiger partial charge in [-0.15, -0.1) is 0 Å². The number of nitrogens with zero attached hydrogens (tertiary/aromatic N) is 1. The van der Waals surface area contributed by atoms with Crippen LogP contribution >= 0.6 is 15.9 Å². The molecule has 1 aliphatic heterocycles. The van der Waals surface area contributed by atoms with Crippen molar-refractivity contribution in [2.45, 2.75) is 57.0 Å². The number of rotatable bonds is 0. The van der Waals surface area contributed by atoms with Crippen LogP contribution in [-0.4, -0.2) is 34.0 Å². The number of hydrogen-bond donors (Lipinski definition) is 0. The minimum Gasteiger partial charge on any atom is -0.444 e. The number of hydrogen-bond acceptors (Lipinski definition) is 2. The van der Waals surface area contributed by atoms with Crippen LogP contribution in [0.2, 0.25) is 0 Å². The lowest BCUT2D eigenvalue weighted by Gasteiger charge is -2.36. The van der Waals surface area contributed by atoms with Crippen LogP contribution in [0.1, 0.15) is 40.5 Å². The summed E-state index contributed by atoms with van der Waals surface area (Å²) in [7, 11) is 0. The lowest BCUT2D eigenvalue weighted by Crippen LogP contribution is -2.47. The molecule has 0 N–H and O–H groups in total. The summed E-state index contributed by atoms with van der Waals surface area (Å²) in [6, 6.07) is 0.286. The summed E-state index contributed by atoms with van der Waals surface area (Å²) < 4.78 is 5.36. The number of carbonyl (C=O) groups is 1. The lowest BCUT2D eigenvalue weighted by molar-refractivity contribution is 0.0129. The van der Waals surface area contributed by atoms with Crippen LogP contribution in [-0.2, 0) is 4.74 Å². The molecule has 0 aromatic rings. The molecule has 0 bridgehead atoms. The van der Waals surface area contributed by atoms with Gasteiger partial charge in [0.05, 0.1) is 0 Å². The average Bonchev–Trinajstić information content (AvgIpc) is 2.06. The second-order valence-corrected chi connectivity index (χ2v) is 6.45. The van der Waals surface area contributed by atoms with Gasteiger partial charge in [-0.2, -0.15) is 0 Å². The topological polar surface area (TPSA) is 29.5 Å². The van der Waals surface area contributed by atoms with Crippen molar-refractivity contribution in [3.05, 3.63) is 0 Å². The molecule has 3 nitrogen and oxygen atoms in total. The third-order valence-electron chi connectivity index (χ3n) is 2.45. The van der Waals surface area contributed by atoms with Gasteiger partial charge in [-0.25, -0.2) is 4.79 Å². The highest BCUT2D eigenvalue weighted by molar-refractivity contribution is 9.09. The summed E-state index contributed by atoms with van der Waals surface area (Å²) in [4.78, 5) is 14.1. The monoisotopic (exact) mass is 277 g/mol. The van der Waals surface area contributed by atoms with Crippen LogP contribution in [0.5, 0.6) is 0 Å². The summed E-state index contributed by atoms with van der Waals surface area (Å²) >= 11 is 3.55. The van der Waals surface area contributed by atoms with Gasteiger partial charge in [-0.1, -0.05) is 15.9 Å². The third kappa shape index (κ3) is 4.01. The molecule has 0 spiro atoms. The molecule has 1 rings (SSSR count). The number of ether oxygens (including phenoxy) is 1. The number of amides is 1. The maximum absolute atomic E-state index is 11.9. The zero-order valence-corrected chi connectivity index (χ0v) is 11.5. The number of carbonyl (C=O) groups excluding carboxylic acids is 1. The largest absolute Gasteiger partial charge is 0.444 e. The van der Waals surface area contributed by atoms with E-state index in [9.17, 15) is 4.79 Å². The Morgan fingerprint density at radius 1 is 1.40 bits per heavy atom. The Balaban J connectivity index is 2.57. The minimum absolute atomic E-state index is 0.195. The Kier molecular flexibility index (Phi) is 4.04. The molecule has 88 valence electrons. The molecule has 0 aliphatic carbocycles. The third-order valence-corrected chi connectivity index (χ3v) is 3.20. The second-order valence-electron chi connectivity index (χ2n) is 5.16. The molecule has 0 radical (unpaired) electrons. The second kappa shape index (κ2) is 4.73. The first kappa shape index (κ1) is 12.8. The Bertz CT molecular complexity index is 237. The van der Waals surface area contributed by atoms with Crippen molar-refractivity contribution in [1.29, 1.82) is 0 Å². The van der Waals surface area contributed by atoms with Crippen molar-refractivity contribution in [2.24, 2.45) is 0 Å². The van der Waals surface area contributed by atoms with Crippen LogP contribution in [0.25, 0.3) is 0 Å². The SMILES string of the molecule is CC1CCC(Br)CN1C(=O)OC(C)(C)C. The van der Waals surface area contributed by atoms with Gasteiger partial charge in [0.25, 0.3) is 0 Å². The minimum atomic E-state index is -0.407. The van der Waals surface area contributed by atoms with E-state index >= 15 is 0 Å². The molecule has 1 saturated heterocycles. The van der Waals surface area contributed by atoms with Gasteiger partial charge in [0.1, 0.15) is 5.60 Å². The maximum Gasteiger partial charge on any atom is 0.410 e. The predicted molar refractivity (Wildman–Crippen MR) is 64.4 cm³/mol. The maximum atomic E-state index is 11.9. The molecule has 0 aromatic heterocycles. The van der Waals surface area contributed by atoms with E-state index in [4.69, 9.17) is 4.74 Å². The number of alkyl halides is 1. The smallest absolute Gasteiger partial charge is 0.410 e. The zero-order chi connectivity index (χ0) is 11.6. The summed E-state index contributed by atoms with van der Waals surface area (Å²) in [6.45, 7) is 8.50. The Hall–Kier alpha value is -0.250. The fourth-order valence-corrected chi connectivity index (χ4v) is 2.21. The lowest BCUT2D eigenvalue weighted by atomic mass is 10.0. The highest BCUT2D eigenvalue weighted by Gasteiger charge is 2.30. The van der Waals surface area contributed by atoms with Gasteiger partial charge in [-0.05, 0) is 40.5 Å². The standard InChI is InChI=1S/C11H20BrNO2/c1-8-5-6-9(12)7-13(8)10(14)15-11(2,3)4/h8-9H,5-7H2,1-4H3. The number of likely N-dealkylation sites (tertiary alicyclic amines) is 1. The molecule has 1 amide bonds. The van der Waals surface area contributed by atoms with Crippen molar-refractivity contribution >= 4 is 22.0 Å². The first-order valence-electron chi connectivity index (χ1n) is 5.43. The van der Waals surface area contributed by atoms with E-state index in [1.54, 1.807) is 0 Å². The fourth-order valence-electron chi connectivity index (χ4n) is 1.64. The van der Waals surface area contributed by atoms with E-state index in [2.05, 4.69) is 22.9 Å². The summed E-state index contributed by atoms with van der Waals surface area (Å²) in [5.41, 5.74) is -0.407. The van der Waals surface area contributed by atoms with E-state index in [0.29, 0.717) is 4.83 Å². The predicted octanol–water partition coefficient (Wildman–Crippen LogP) is 3.17. The van der Waals surface area contributed by atoms with Crippen molar-refractivity contribution < 1.29 is 9.53 Å². The van der Waals surface area contributed by atoms with Crippen molar-refractivity contribution in [2.75, 3.05) is 6.54 Å². The molecular weight excluding hydrogens is 258 g/mol. The molecule has 1 fully saturated rings. The van der Waals surface area contributed by atoms with Crippen molar-refractivity contribution in [3.8, 4) is 0 Å². The average molecular weight is 278 g/mol. The van der Waals surface area contributed by atoms with Gasteiger partial charge < -0.3 is 9.64 Å². The van der Waals surface area contributed by atoms with Crippen molar-refractivity contribution in [1.82, 2.24) is 4.90 Å². The molecule has 1 heterocycles. The van der Waals surface area contributed by atoms with Crippen LogP contribution in [0.15, 0.2) is 0 Å². The van der Waals surface area contributed by atoms with E-state index in [0.717, 1.165) is 19.4 Å². The fraction of sp³-hybridized carbons (Fsp3) is 0.909. The zero-order valence-electron chi connectivity index (χ0n) is 9.92. The molecule has 4 heteroatoms. The summed E-state index contributed by atoms with van der Waals surface area (Å²) in [5.74, 6) is 0. The molecule has 2 unspecified atom stereocenters. The Morgan fingerprint density at radius 3 is 2.53 bits per heavy atom. The van der Waals surface area contributed by atoms with Gasteiger partial charge in [0, 0.05) is 17.4 Å². The van der Waals surface area contributed by atoms with Crippen LogP contribution in [0.3, 0.4) is 0 Å². The number of piperidine rings is 1. The first-order chi connectivity index (χ1) is 6.79. The van der Waals surface area contributed by atoms with Crippen LogP contribution in [0.4, 0.5) is 4.79 Å². The quantitative estimate of drug-likeness (QED) is 0.637. The Labute approximate surface area is 100 Å². The Morgan fingerprint density at radius 2 is 2.00 bits per heavy atom. The molecule has 2 atom stereocenters. The number of halogens is 1. The van der Waals surface area contributed by atoms with Crippen molar-refractivity contribution in [3.63, 3.8) is 0 Å². The molecule has 1 aliphatic rings. The molecular formula is C11H20BrNO2. The van der Waals surface area contributed by atoms with Gasteiger partial charge >= 0.3 is 6.09 Å². The summed E-state index contributed by atoms with van der Waals surface area (Å²) in [6.07, 6.45) is 1.97. The summed E-state index contributed by atoms with van der Waals surface area (Å²) in [5, 5.41) is 0. The first-order valence-corrected chi connectivity index (χ1v) is 6.35. The van der Waals surface area contributed by atoms with Gasteiger partial charge in [0.2, 0.25) is 0 Å². The molecule has 0 saturated carbocycles. The highest BCUT2D eigenvalue weighted by Crippen LogP contribution is 2.23. The normalized spacial score (nSPS) is 27.7. The van der Waals surface area contributed by atoms with E-state index in [1.807, 2.05) is 25.7 Å². The van der Waals surface area contributed by atoms with Gasteiger partial charge in [0.15, 0.2) is 0 Å². The van der Waals surface area contributed by atoms with Gasteiger partial charge in [-0.3, -0.25) is 0 Å². The van der Waals surface area contributed by atoms with E-state index in [1.165, 1.54) is 0 Å². The van der Waals surface area contributed by atoms with Crippen LogP contribution in [0, 0.1) is 0 Å². The van der Waals surface area contributed by atoms with E-state index < -0.39 is 5.60 Å². The highest BCUT2D eigenvalue weighted by atomic mass is 79.9.